The first kappa shape index (κ1) is 21.3. The molecule has 2 N–H and O–H groups in total. The predicted molar refractivity (Wildman–Crippen MR) is 128 cm³/mol. The number of H-pyrrole nitrogens is 1. The standard InChI is InChI=1S/C26H30N2O3S/c1-16(20-15-27-21-9-2-7-19(25(20)21)23-11-5-13-32-23)14-24(29)28-12-4-8-17-18(26(30)31)6-3-10-22(17)28/h2,5,7,9,11,13,15-18,22,27H,3-4,6,8,10,12,14H2,1H3,(H,30,31)/t16-,17?,18?,22?/m0/s1. The van der Waals surface area contributed by atoms with Crippen molar-refractivity contribution in [2.45, 2.75) is 57.4 Å². The summed E-state index contributed by atoms with van der Waals surface area (Å²) in [7, 11) is 0. The molecule has 1 aliphatic carbocycles. The fraction of sp³-hybridized carbons (Fsp3) is 0.462. The molecule has 2 aromatic heterocycles. The third-order valence-corrected chi connectivity index (χ3v) is 8.44. The van der Waals surface area contributed by atoms with E-state index in [1.807, 2.05) is 4.90 Å². The second-order valence-corrected chi connectivity index (χ2v) is 10.3. The number of fused-ring (bicyclic) bond motifs is 2. The molecule has 5 nitrogen and oxygen atoms in total. The second-order valence-electron chi connectivity index (χ2n) is 9.39. The van der Waals surface area contributed by atoms with Crippen molar-refractivity contribution in [1.82, 2.24) is 9.88 Å². The third-order valence-electron chi connectivity index (χ3n) is 7.54. The van der Waals surface area contributed by atoms with Gasteiger partial charge < -0.3 is 15.0 Å². The SMILES string of the molecule is C[C@@H](CC(=O)N1CCCC2C(C(=O)O)CCCC21)c1c[nH]c2cccc(-c3cccs3)c12. The molecule has 32 heavy (non-hydrogen) atoms. The highest BCUT2D eigenvalue weighted by molar-refractivity contribution is 7.13. The molecule has 2 fully saturated rings. The van der Waals surface area contributed by atoms with Crippen molar-refractivity contribution in [3.05, 3.63) is 47.5 Å². The second kappa shape index (κ2) is 8.74. The van der Waals surface area contributed by atoms with Crippen molar-refractivity contribution >= 4 is 34.1 Å². The number of carboxylic acids is 1. The van der Waals surface area contributed by atoms with E-state index in [1.165, 1.54) is 21.4 Å². The molecule has 1 amide bonds. The first-order valence-corrected chi connectivity index (χ1v) is 12.6. The topological polar surface area (TPSA) is 73.4 Å². The van der Waals surface area contributed by atoms with Crippen LogP contribution in [0.3, 0.4) is 0 Å². The Morgan fingerprint density at radius 1 is 1.19 bits per heavy atom. The molecule has 0 spiro atoms. The number of hydrogen-bond donors (Lipinski definition) is 2. The molecule has 1 aromatic carbocycles. The number of aromatic nitrogens is 1. The molecular formula is C26H30N2O3S. The highest BCUT2D eigenvalue weighted by atomic mass is 32.1. The minimum atomic E-state index is -0.692. The van der Waals surface area contributed by atoms with Crippen LogP contribution in [-0.2, 0) is 9.59 Å². The number of likely N-dealkylation sites (tertiary alicyclic amines) is 1. The van der Waals surface area contributed by atoms with E-state index in [9.17, 15) is 14.7 Å². The highest BCUT2D eigenvalue weighted by Crippen LogP contribution is 2.41. The van der Waals surface area contributed by atoms with E-state index >= 15 is 0 Å². The van der Waals surface area contributed by atoms with Crippen LogP contribution in [-0.4, -0.2) is 39.5 Å². The van der Waals surface area contributed by atoms with E-state index < -0.39 is 5.97 Å². The average molecular weight is 451 g/mol. The minimum Gasteiger partial charge on any atom is -0.481 e. The van der Waals surface area contributed by atoms with Gasteiger partial charge in [-0.15, -0.1) is 11.3 Å². The molecule has 3 aromatic rings. The fourth-order valence-corrected chi connectivity index (χ4v) is 6.79. The number of piperidine rings is 1. The van der Waals surface area contributed by atoms with Gasteiger partial charge in [-0.25, -0.2) is 0 Å². The molecule has 3 unspecified atom stereocenters. The number of carbonyl (C=O) groups is 2. The Hall–Kier alpha value is -2.60. The number of amides is 1. The third kappa shape index (κ3) is 3.75. The molecule has 1 aliphatic heterocycles. The van der Waals surface area contributed by atoms with Gasteiger partial charge in [0.1, 0.15) is 0 Å². The van der Waals surface area contributed by atoms with Gasteiger partial charge in [-0.2, -0.15) is 0 Å². The van der Waals surface area contributed by atoms with Crippen LogP contribution in [0.4, 0.5) is 0 Å². The van der Waals surface area contributed by atoms with Crippen molar-refractivity contribution in [1.29, 1.82) is 0 Å². The molecular weight excluding hydrogens is 420 g/mol. The molecule has 6 heteroatoms. The van der Waals surface area contributed by atoms with Crippen LogP contribution < -0.4 is 0 Å². The van der Waals surface area contributed by atoms with Crippen LogP contribution in [0.15, 0.2) is 41.9 Å². The normalized spacial score (nSPS) is 24.3. The summed E-state index contributed by atoms with van der Waals surface area (Å²) in [5.41, 5.74) is 3.49. The lowest BCUT2D eigenvalue weighted by Crippen LogP contribution is -2.53. The van der Waals surface area contributed by atoms with E-state index in [-0.39, 0.29) is 29.7 Å². The first-order valence-electron chi connectivity index (χ1n) is 11.7. The summed E-state index contributed by atoms with van der Waals surface area (Å²) >= 11 is 1.73. The first-order chi connectivity index (χ1) is 15.5. The van der Waals surface area contributed by atoms with E-state index in [2.05, 4.69) is 53.8 Å². The smallest absolute Gasteiger partial charge is 0.306 e. The average Bonchev–Trinajstić information content (AvgIpc) is 3.48. The number of hydrogen-bond acceptors (Lipinski definition) is 3. The quantitative estimate of drug-likeness (QED) is 0.510. The molecule has 168 valence electrons. The Labute approximate surface area is 192 Å². The monoisotopic (exact) mass is 450 g/mol. The van der Waals surface area contributed by atoms with Crippen LogP contribution in [0.5, 0.6) is 0 Å². The predicted octanol–water partition coefficient (Wildman–Crippen LogP) is 5.88. The lowest BCUT2D eigenvalue weighted by Gasteiger charge is -2.46. The molecule has 3 heterocycles. The van der Waals surface area contributed by atoms with Crippen molar-refractivity contribution in [3.63, 3.8) is 0 Å². The van der Waals surface area contributed by atoms with Gasteiger partial charge in [-0.3, -0.25) is 9.59 Å². The Bertz CT molecular complexity index is 1120. The number of aromatic amines is 1. The summed E-state index contributed by atoms with van der Waals surface area (Å²) in [5.74, 6) is -0.642. The zero-order chi connectivity index (χ0) is 22.2. The maximum atomic E-state index is 13.5. The molecule has 0 bridgehead atoms. The summed E-state index contributed by atoms with van der Waals surface area (Å²) in [4.78, 5) is 31.9. The molecule has 1 saturated carbocycles. The molecule has 4 atom stereocenters. The number of nitrogens with zero attached hydrogens (tertiary/aromatic N) is 1. The number of carboxylic acid groups (broad SMARTS) is 1. The van der Waals surface area contributed by atoms with E-state index in [1.54, 1.807) is 11.3 Å². The molecule has 0 radical (unpaired) electrons. The van der Waals surface area contributed by atoms with Gasteiger partial charge in [-0.05, 0) is 60.6 Å². The van der Waals surface area contributed by atoms with Crippen LogP contribution in [0.2, 0.25) is 0 Å². The van der Waals surface area contributed by atoms with E-state index in [0.29, 0.717) is 6.42 Å². The summed E-state index contributed by atoms with van der Waals surface area (Å²) in [6.45, 7) is 2.89. The van der Waals surface area contributed by atoms with Gasteiger partial charge in [0.05, 0.1) is 5.92 Å². The van der Waals surface area contributed by atoms with Crippen molar-refractivity contribution in [2.24, 2.45) is 11.8 Å². The van der Waals surface area contributed by atoms with Gasteiger partial charge in [0.2, 0.25) is 5.91 Å². The number of nitrogens with one attached hydrogen (secondary N) is 1. The number of thiophene rings is 1. The number of rotatable bonds is 5. The Balaban J connectivity index is 1.38. The van der Waals surface area contributed by atoms with Crippen LogP contribution >= 0.6 is 11.3 Å². The summed E-state index contributed by atoms with van der Waals surface area (Å²) in [5, 5.41) is 13.0. The van der Waals surface area contributed by atoms with Gasteiger partial charge in [0.25, 0.3) is 0 Å². The van der Waals surface area contributed by atoms with Crippen LogP contribution in [0.1, 0.15) is 56.9 Å². The lowest BCUT2D eigenvalue weighted by molar-refractivity contribution is -0.152. The maximum Gasteiger partial charge on any atom is 0.306 e. The summed E-state index contributed by atoms with van der Waals surface area (Å²) in [6.07, 6.45) is 6.91. The number of aliphatic carboxylic acids is 1. The van der Waals surface area contributed by atoms with E-state index in [4.69, 9.17) is 0 Å². The number of benzene rings is 1. The lowest BCUT2D eigenvalue weighted by atomic mass is 9.71. The van der Waals surface area contributed by atoms with Crippen molar-refractivity contribution in [3.8, 4) is 10.4 Å². The molecule has 2 aliphatic rings. The van der Waals surface area contributed by atoms with Crippen molar-refractivity contribution in [2.75, 3.05) is 6.54 Å². The number of carbonyl (C=O) groups excluding carboxylic acids is 1. The molecule has 1 saturated heterocycles. The summed E-state index contributed by atoms with van der Waals surface area (Å²) < 4.78 is 0. The van der Waals surface area contributed by atoms with Crippen molar-refractivity contribution < 1.29 is 14.7 Å². The van der Waals surface area contributed by atoms with E-state index in [0.717, 1.165) is 44.2 Å². The highest BCUT2D eigenvalue weighted by Gasteiger charge is 2.43. The molecule has 5 rings (SSSR count). The Kier molecular flexibility index (Phi) is 5.80. The maximum absolute atomic E-state index is 13.5. The van der Waals surface area contributed by atoms with Crippen LogP contribution in [0, 0.1) is 11.8 Å². The summed E-state index contributed by atoms with van der Waals surface area (Å²) in [6, 6.07) is 10.6. The van der Waals surface area contributed by atoms with Gasteiger partial charge >= 0.3 is 5.97 Å². The largest absolute Gasteiger partial charge is 0.481 e. The zero-order valence-electron chi connectivity index (χ0n) is 18.4. The minimum absolute atomic E-state index is 0.0802. The van der Waals surface area contributed by atoms with Gasteiger partial charge in [0.15, 0.2) is 0 Å². The Morgan fingerprint density at radius 3 is 2.84 bits per heavy atom. The fourth-order valence-electron chi connectivity index (χ4n) is 6.03. The zero-order valence-corrected chi connectivity index (χ0v) is 19.2. The van der Waals surface area contributed by atoms with Gasteiger partial charge in [-0.1, -0.05) is 31.5 Å². The van der Waals surface area contributed by atoms with Crippen LogP contribution in [0.25, 0.3) is 21.3 Å². The van der Waals surface area contributed by atoms with Gasteiger partial charge in [0, 0.05) is 46.5 Å². The Morgan fingerprint density at radius 2 is 2.06 bits per heavy atom.